The van der Waals surface area contributed by atoms with Crippen LogP contribution in [0.3, 0.4) is 0 Å². The quantitative estimate of drug-likeness (QED) is 0.204. The zero-order valence-electron chi connectivity index (χ0n) is 16.3. The molecule has 0 aliphatic rings. The molecule has 2 aromatic rings. The molecular formula is C22H19Cl4NO2. The molecule has 0 N–H and O–H groups in total. The molecular weight excluding hydrogens is 452 g/mol. The van der Waals surface area contributed by atoms with Gasteiger partial charge in [0.15, 0.2) is 5.78 Å². The van der Waals surface area contributed by atoms with Crippen LogP contribution in [0.1, 0.15) is 45.6 Å². The van der Waals surface area contributed by atoms with E-state index in [2.05, 4.69) is 4.98 Å². The van der Waals surface area contributed by atoms with Gasteiger partial charge in [-0.05, 0) is 44.9 Å². The number of Topliss-reactive ketones (excluding diaryl/α,β-unsaturated/α-hetero) is 2. The van der Waals surface area contributed by atoms with E-state index in [1.54, 1.807) is 38.2 Å². The van der Waals surface area contributed by atoms with Crippen molar-refractivity contribution in [3.8, 4) is 0 Å². The molecule has 3 nitrogen and oxygen atoms in total. The van der Waals surface area contributed by atoms with Crippen LogP contribution in [0.5, 0.6) is 0 Å². The van der Waals surface area contributed by atoms with Crippen LogP contribution in [-0.4, -0.2) is 16.6 Å². The number of benzene rings is 1. The Balaban J connectivity index is 2.80. The predicted molar refractivity (Wildman–Crippen MR) is 120 cm³/mol. The van der Waals surface area contributed by atoms with Crippen LogP contribution in [0, 0.1) is 20.8 Å². The summed E-state index contributed by atoms with van der Waals surface area (Å²) in [7, 11) is 0. The third-order valence-electron chi connectivity index (χ3n) is 4.49. The number of carbonyl (C=O) groups is 2. The van der Waals surface area contributed by atoms with Gasteiger partial charge in [0, 0.05) is 17.5 Å². The Bertz CT molecular complexity index is 1020. The van der Waals surface area contributed by atoms with Gasteiger partial charge in [0.25, 0.3) is 0 Å². The largest absolute Gasteiger partial charge is 0.299 e. The molecule has 2 rings (SSSR count). The van der Waals surface area contributed by atoms with Crippen molar-refractivity contribution in [1.82, 2.24) is 4.98 Å². The number of hydrogen-bond donors (Lipinski definition) is 0. The van der Waals surface area contributed by atoms with Crippen molar-refractivity contribution < 1.29 is 9.59 Å². The first-order valence-corrected chi connectivity index (χ1v) is 10.2. The molecule has 0 amide bonds. The lowest BCUT2D eigenvalue weighted by molar-refractivity contribution is -0.117. The average molecular weight is 471 g/mol. The zero-order chi connectivity index (χ0) is 21.9. The second-order valence-corrected chi connectivity index (χ2v) is 8.12. The van der Waals surface area contributed by atoms with Crippen molar-refractivity contribution >= 4 is 58.0 Å². The fourth-order valence-electron chi connectivity index (χ4n) is 2.93. The topological polar surface area (TPSA) is 47.0 Å². The van der Waals surface area contributed by atoms with Crippen LogP contribution in [0.4, 0.5) is 0 Å². The van der Waals surface area contributed by atoms with Crippen molar-refractivity contribution in [3.05, 3.63) is 84.6 Å². The Hall–Kier alpha value is -1.65. The molecule has 1 heterocycles. The smallest absolute Gasteiger partial charge is 0.179 e. The molecule has 0 radical (unpaired) electrons. The molecule has 1 aromatic carbocycles. The monoisotopic (exact) mass is 469 g/mol. The number of nitrogens with zero attached hydrogens (tertiary/aromatic N) is 1. The molecule has 0 bridgehead atoms. The van der Waals surface area contributed by atoms with Crippen molar-refractivity contribution in [2.75, 3.05) is 0 Å². The lowest BCUT2D eigenvalue weighted by Crippen LogP contribution is -2.22. The maximum Gasteiger partial charge on any atom is 0.179 e. The molecule has 29 heavy (non-hydrogen) atoms. The first-order valence-electron chi connectivity index (χ1n) is 8.71. The second kappa shape index (κ2) is 9.90. The fraction of sp³-hybridized carbons (Fsp3) is 0.227. The van der Waals surface area contributed by atoms with Crippen LogP contribution in [0.2, 0.25) is 20.1 Å². The molecule has 0 aliphatic carbocycles. The lowest BCUT2D eigenvalue weighted by Gasteiger charge is -2.18. The summed E-state index contributed by atoms with van der Waals surface area (Å²) in [5.41, 5.74) is 2.44. The summed E-state index contributed by atoms with van der Waals surface area (Å²) < 4.78 is 0. The van der Waals surface area contributed by atoms with Gasteiger partial charge in [-0.3, -0.25) is 14.6 Å². The zero-order valence-corrected chi connectivity index (χ0v) is 19.3. The van der Waals surface area contributed by atoms with E-state index >= 15 is 0 Å². The van der Waals surface area contributed by atoms with Gasteiger partial charge in [0.2, 0.25) is 0 Å². The summed E-state index contributed by atoms with van der Waals surface area (Å²) in [5, 5.41) is 0.140. The number of halogens is 4. The van der Waals surface area contributed by atoms with E-state index in [-0.39, 0.29) is 31.4 Å². The number of aryl methyl sites for hydroxylation is 2. The van der Waals surface area contributed by atoms with Crippen molar-refractivity contribution in [2.24, 2.45) is 0 Å². The fourth-order valence-corrected chi connectivity index (χ4v) is 3.97. The van der Waals surface area contributed by atoms with Gasteiger partial charge in [-0.15, -0.1) is 0 Å². The van der Waals surface area contributed by atoms with Gasteiger partial charge in [0.1, 0.15) is 11.7 Å². The van der Waals surface area contributed by atoms with Crippen LogP contribution in [0.15, 0.2) is 36.5 Å². The minimum absolute atomic E-state index is 0.0245. The molecule has 1 unspecified atom stereocenters. The minimum Gasteiger partial charge on any atom is -0.299 e. The molecule has 1 atom stereocenters. The summed E-state index contributed by atoms with van der Waals surface area (Å²) in [6, 6.07) is 9.05. The molecule has 152 valence electrons. The van der Waals surface area contributed by atoms with E-state index in [9.17, 15) is 9.59 Å². The van der Waals surface area contributed by atoms with Gasteiger partial charge >= 0.3 is 0 Å². The Morgan fingerprint density at radius 1 is 0.862 bits per heavy atom. The maximum absolute atomic E-state index is 13.5. The third kappa shape index (κ3) is 5.10. The molecule has 7 heteroatoms. The van der Waals surface area contributed by atoms with Gasteiger partial charge in [-0.2, -0.15) is 0 Å². The standard InChI is InChI=1S/C22H19Cl4NO2/c1-11-7-5-9-15(13(3)27-10-6-8-11)17(14(4)28)22(29)16-12(2)18(23)20(25)21(26)19(16)24/h5-10,17H,1-4H3. The van der Waals surface area contributed by atoms with Gasteiger partial charge in [-0.1, -0.05) is 76.2 Å². The normalized spacial score (nSPS) is 11.6. The number of hydrogen-bond acceptors (Lipinski definition) is 3. The summed E-state index contributed by atoms with van der Waals surface area (Å²) >= 11 is 24.8. The lowest BCUT2D eigenvalue weighted by atomic mass is 9.85. The van der Waals surface area contributed by atoms with E-state index in [1.807, 2.05) is 19.1 Å². The molecule has 0 aliphatic heterocycles. The molecule has 0 spiro atoms. The molecule has 0 fully saturated rings. The number of aromatic nitrogens is 1. The van der Waals surface area contributed by atoms with Crippen molar-refractivity contribution in [3.63, 3.8) is 0 Å². The minimum atomic E-state index is -1.12. The maximum atomic E-state index is 13.5. The van der Waals surface area contributed by atoms with Crippen molar-refractivity contribution in [1.29, 1.82) is 0 Å². The molecule has 0 saturated heterocycles. The van der Waals surface area contributed by atoms with E-state index < -0.39 is 11.7 Å². The predicted octanol–water partition coefficient (Wildman–Crippen LogP) is 7.30. The van der Waals surface area contributed by atoms with E-state index in [0.717, 1.165) is 5.56 Å². The molecule has 0 saturated carbocycles. The average Bonchev–Trinajstić information content (AvgIpc) is 2.66. The van der Waals surface area contributed by atoms with Gasteiger partial charge in [0.05, 0.1) is 20.1 Å². The summed E-state index contributed by atoms with van der Waals surface area (Å²) in [4.78, 5) is 30.4. The molecule has 1 aromatic heterocycles. The van der Waals surface area contributed by atoms with E-state index in [4.69, 9.17) is 46.4 Å². The summed E-state index contributed by atoms with van der Waals surface area (Å²) in [5.74, 6) is -1.98. The van der Waals surface area contributed by atoms with Gasteiger partial charge in [-0.25, -0.2) is 0 Å². The number of ketones is 2. The highest BCUT2D eigenvalue weighted by Crippen LogP contribution is 2.42. The summed E-state index contributed by atoms with van der Waals surface area (Å²) in [6.07, 6.45) is 1.61. The Kier molecular flexibility index (Phi) is 8.07. The second-order valence-electron chi connectivity index (χ2n) is 6.61. The Labute approximate surface area is 190 Å². The van der Waals surface area contributed by atoms with Gasteiger partial charge < -0.3 is 0 Å². The summed E-state index contributed by atoms with van der Waals surface area (Å²) in [6.45, 7) is 6.63. The highest BCUT2D eigenvalue weighted by molar-refractivity contribution is 6.53. The highest BCUT2D eigenvalue weighted by atomic mass is 35.5. The number of carbonyl (C=O) groups excluding carboxylic acids is 2. The van der Waals surface area contributed by atoms with E-state index in [1.165, 1.54) is 6.92 Å². The number of rotatable bonds is 4. The van der Waals surface area contributed by atoms with Crippen LogP contribution < -0.4 is 0 Å². The van der Waals surface area contributed by atoms with Crippen LogP contribution in [-0.2, 0) is 4.79 Å². The highest BCUT2D eigenvalue weighted by Gasteiger charge is 2.32. The SMILES string of the molecule is CC(=O)C(C(=O)c1c(C)c(Cl)c(Cl)c(Cl)c1Cl)c1cccc(C)cccnc1C. The van der Waals surface area contributed by atoms with E-state index in [0.29, 0.717) is 16.8 Å². The Morgan fingerprint density at radius 3 is 2.07 bits per heavy atom. The Morgan fingerprint density at radius 2 is 1.45 bits per heavy atom. The van der Waals surface area contributed by atoms with Crippen LogP contribution >= 0.6 is 46.4 Å². The van der Waals surface area contributed by atoms with Crippen LogP contribution in [0.25, 0.3) is 0 Å². The first kappa shape index (κ1) is 23.6. The van der Waals surface area contributed by atoms with Crippen molar-refractivity contribution in [2.45, 2.75) is 33.6 Å². The third-order valence-corrected chi connectivity index (χ3v) is 6.39. The first-order chi connectivity index (χ1) is 13.6.